The Balaban J connectivity index is 1.37. The van der Waals surface area contributed by atoms with Gasteiger partial charge in [0.2, 0.25) is 0 Å². The van der Waals surface area contributed by atoms with Gasteiger partial charge in [-0.25, -0.2) is 9.97 Å². The number of pyridine rings is 2. The molecule has 2 aliphatic rings. The number of nitrogens with one attached hydrogen (secondary N) is 1. The van der Waals surface area contributed by atoms with Crippen LogP contribution in [0.3, 0.4) is 0 Å². The number of aromatic nitrogens is 2. The number of nitriles is 1. The molecule has 0 radical (unpaired) electrons. The van der Waals surface area contributed by atoms with Gasteiger partial charge < -0.3 is 15.1 Å². The minimum absolute atomic E-state index is 0.494. The fraction of sp³-hybridized carbons (Fsp3) is 0.458. The molecule has 1 N–H and O–H groups in total. The second-order valence-corrected chi connectivity index (χ2v) is 9.73. The molecule has 0 unspecified atom stereocenters. The van der Waals surface area contributed by atoms with Crippen molar-refractivity contribution in [2.75, 3.05) is 43.4 Å². The van der Waals surface area contributed by atoms with Crippen molar-refractivity contribution in [3.63, 3.8) is 0 Å². The number of rotatable bonds is 4. The lowest BCUT2D eigenvalue weighted by Gasteiger charge is -2.33. The zero-order valence-corrected chi connectivity index (χ0v) is 18.8. The molecule has 3 aromatic heterocycles. The highest BCUT2D eigenvalue weighted by Gasteiger charge is 2.23. The third-order valence-corrected chi connectivity index (χ3v) is 7.66. The zero-order valence-electron chi connectivity index (χ0n) is 18.0. The molecule has 31 heavy (non-hydrogen) atoms. The van der Waals surface area contributed by atoms with Crippen LogP contribution in [-0.2, 0) is 0 Å². The zero-order chi connectivity index (χ0) is 21.2. The van der Waals surface area contributed by atoms with Gasteiger partial charge in [0.1, 0.15) is 22.6 Å². The van der Waals surface area contributed by atoms with E-state index in [2.05, 4.69) is 50.3 Å². The van der Waals surface area contributed by atoms with Gasteiger partial charge >= 0.3 is 0 Å². The monoisotopic (exact) mass is 432 g/mol. The van der Waals surface area contributed by atoms with Gasteiger partial charge in [0.15, 0.2) is 0 Å². The lowest BCUT2D eigenvalue weighted by molar-refractivity contribution is 0.313. The summed E-state index contributed by atoms with van der Waals surface area (Å²) >= 11 is 1.57. The lowest BCUT2D eigenvalue weighted by atomic mass is 9.83. The van der Waals surface area contributed by atoms with Crippen molar-refractivity contribution in [3.05, 3.63) is 41.0 Å². The molecule has 0 spiro atoms. The highest BCUT2D eigenvalue weighted by Crippen LogP contribution is 2.42. The van der Waals surface area contributed by atoms with Crippen molar-refractivity contribution in [3.8, 4) is 6.07 Å². The summed E-state index contributed by atoms with van der Waals surface area (Å²) in [6.45, 7) is 4.23. The number of anilines is 3. The maximum atomic E-state index is 9.71. The van der Waals surface area contributed by atoms with Crippen LogP contribution in [-0.4, -0.2) is 48.1 Å². The van der Waals surface area contributed by atoms with Crippen LogP contribution >= 0.6 is 11.3 Å². The number of hydrogen-bond acceptors (Lipinski definition) is 7. The molecule has 4 heterocycles. The van der Waals surface area contributed by atoms with Crippen LogP contribution in [0.1, 0.15) is 48.5 Å². The summed E-state index contributed by atoms with van der Waals surface area (Å²) in [5, 5.41) is 14.3. The van der Waals surface area contributed by atoms with Crippen molar-refractivity contribution in [2.45, 2.75) is 38.0 Å². The maximum Gasteiger partial charge on any atom is 0.132 e. The number of fused-ring (bicyclic) bond motifs is 1. The molecule has 1 aliphatic carbocycles. The quantitative estimate of drug-likeness (QED) is 0.618. The number of nitrogens with zero attached hydrogens (tertiary/aromatic N) is 5. The molecule has 0 aromatic carbocycles. The minimum Gasteiger partial charge on any atom is -0.368 e. The first-order valence-electron chi connectivity index (χ1n) is 11.2. The second kappa shape index (κ2) is 8.81. The Labute approximate surface area is 187 Å². The molecule has 6 nitrogen and oxygen atoms in total. The number of hydrogen-bond donors (Lipinski definition) is 1. The molecule has 1 saturated carbocycles. The van der Waals surface area contributed by atoms with Crippen molar-refractivity contribution in [1.82, 2.24) is 14.9 Å². The van der Waals surface area contributed by atoms with E-state index in [0.29, 0.717) is 5.92 Å². The molecular formula is C24H28N6S. The molecule has 2 fully saturated rings. The Morgan fingerprint density at radius 1 is 1.03 bits per heavy atom. The largest absolute Gasteiger partial charge is 0.368 e. The summed E-state index contributed by atoms with van der Waals surface area (Å²) < 4.78 is 1.10. The van der Waals surface area contributed by atoms with Gasteiger partial charge in [-0.05, 0) is 49.6 Å². The standard InChI is InChI=1S/C24H28N6S/c1-29-9-11-30(12-10-29)18-7-8-22(26-15-18)28-23-13-19-21(16-27-23)31-20(14-25)24(19)17-5-3-2-4-6-17/h7-8,13,15-17H,2-6,9-12H2,1H3,(H,26,27,28). The van der Waals surface area contributed by atoms with Crippen LogP contribution in [0.2, 0.25) is 0 Å². The smallest absolute Gasteiger partial charge is 0.132 e. The summed E-state index contributed by atoms with van der Waals surface area (Å²) in [4.78, 5) is 14.8. The molecule has 0 amide bonds. The molecule has 3 aromatic rings. The second-order valence-electron chi connectivity index (χ2n) is 8.67. The van der Waals surface area contributed by atoms with E-state index in [0.717, 1.165) is 53.1 Å². The minimum atomic E-state index is 0.494. The fourth-order valence-corrected chi connectivity index (χ4v) is 5.85. The summed E-state index contributed by atoms with van der Waals surface area (Å²) in [6, 6.07) is 8.70. The van der Waals surface area contributed by atoms with Crippen molar-refractivity contribution in [1.29, 1.82) is 5.26 Å². The third-order valence-electron chi connectivity index (χ3n) is 6.60. The number of likely N-dealkylation sites (N-methyl/N-ethyl adjacent to an activating group) is 1. The highest BCUT2D eigenvalue weighted by molar-refractivity contribution is 7.19. The van der Waals surface area contributed by atoms with Gasteiger partial charge in [0.25, 0.3) is 0 Å². The Morgan fingerprint density at radius 3 is 2.52 bits per heavy atom. The number of thiophene rings is 1. The van der Waals surface area contributed by atoms with Gasteiger partial charge in [0.05, 0.1) is 16.6 Å². The van der Waals surface area contributed by atoms with Crippen LogP contribution in [0, 0.1) is 11.3 Å². The van der Waals surface area contributed by atoms with Gasteiger partial charge in [-0.15, -0.1) is 11.3 Å². The van der Waals surface area contributed by atoms with Crippen LogP contribution in [0.15, 0.2) is 30.6 Å². The predicted molar refractivity (Wildman–Crippen MR) is 127 cm³/mol. The van der Waals surface area contributed by atoms with Gasteiger partial charge in [0, 0.05) is 37.8 Å². The predicted octanol–water partition coefficient (Wildman–Crippen LogP) is 5.11. The van der Waals surface area contributed by atoms with E-state index in [1.807, 2.05) is 18.5 Å². The molecular weight excluding hydrogens is 404 g/mol. The van der Waals surface area contributed by atoms with E-state index in [9.17, 15) is 5.26 Å². The average molecular weight is 433 g/mol. The average Bonchev–Trinajstić information content (AvgIpc) is 3.19. The Bertz CT molecular complexity index is 1090. The molecule has 0 bridgehead atoms. The molecule has 5 rings (SSSR count). The maximum absolute atomic E-state index is 9.71. The van der Waals surface area contributed by atoms with Crippen LogP contribution in [0.4, 0.5) is 17.3 Å². The Hall–Kier alpha value is -2.69. The topological polar surface area (TPSA) is 68.1 Å². The van der Waals surface area contributed by atoms with E-state index in [1.54, 1.807) is 11.3 Å². The van der Waals surface area contributed by atoms with E-state index >= 15 is 0 Å². The SMILES string of the molecule is CN1CCN(c2ccc(Nc3cc4c(C5CCCCC5)c(C#N)sc4cn3)nc2)CC1. The first-order valence-corrected chi connectivity index (χ1v) is 12.0. The molecule has 160 valence electrons. The third kappa shape index (κ3) is 4.23. The van der Waals surface area contributed by atoms with Crippen LogP contribution in [0.5, 0.6) is 0 Å². The van der Waals surface area contributed by atoms with Crippen molar-refractivity contribution >= 4 is 38.7 Å². The van der Waals surface area contributed by atoms with E-state index in [1.165, 1.54) is 43.1 Å². The summed E-state index contributed by atoms with van der Waals surface area (Å²) in [6.07, 6.45) is 10.0. The summed E-state index contributed by atoms with van der Waals surface area (Å²) in [5.41, 5.74) is 2.41. The lowest BCUT2D eigenvalue weighted by Crippen LogP contribution is -2.44. The molecule has 1 saturated heterocycles. The summed E-state index contributed by atoms with van der Waals surface area (Å²) in [7, 11) is 2.17. The van der Waals surface area contributed by atoms with Gasteiger partial charge in [-0.1, -0.05) is 19.3 Å². The van der Waals surface area contributed by atoms with Crippen LogP contribution < -0.4 is 10.2 Å². The van der Waals surface area contributed by atoms with E-state index < -0.39 is 0 Å². The Kier molecular flexibility index (Phi) is 5.75. The van der Waals surface area contributed by atoms with Gasteiger partial charge in [-0.2, -0.15) is 5.26 Å². The first kappa shape index (κ1) is 20.2. The normalized spacial score (nSPS) is 18.3. The van der Waals surface area contributed by atoms with E-state index in [4.69, 9.17) is 0 Å². The Morgan fingerprint density at radius 2 is 1.81 bits per heavy atom. The first-order chi connectivity index (χ1) is 15.2. The molecule has 0 atom stereocenters. The van der Waals surface area contributed by atoms with Gasteiger partial charge in [-0.3, -0.25) is 0 Å². The van der Waals surface area contributed by atoms with Crippen molar-refractivity contribution < 1.29 is 0 Å². The van der Waals surface area contributed by atoms with Crippen molar-refractivity contribution in [2.24, 2.45) is 0 Å². The number of piperazine rings is 1. The fourth-order valence-electron chi connectivity index (χ4n) is 4.81. The molecule has 1 aliphatic heterocycles. The highest BCUT2D eigenvalue weighted by atomic mass is 32.1. The summed E-state index contributed by atoms with van der Waals surface area (Å²) in [5.74, 6) is 2.07. The molecule has 7 heteroatoms. The van der Waals surface area contributed by atoms with E-state index in [-0.39, 0.29) is 0 Å². The van der Waals surface area contributed by atoms with Crippen LogP contribution in [0.25, 0.3) is 10.1 Å².